The molecule has 0 saturated heterocycles. The van der Waals surface area contributed by atoms with Crippen molar-refractivity contribution in [3.8, 4) is 28.5 Å². The van der Waals surface area contributed by atoms with Crippen molar-refractivity contribution < 1.29 is 14.2 Å². The zero-order valence-corrected chi connectivity index (χ0v) is 16.2. The fourth-order valence-electron chi connectivity index (χ4n) is 2.49. The van der Waals surface area contributed by atoms with E-state index in [1.54, 1.807) is 20.4 Å². The van der Waals surface area contributed by atoms with Gasteiger partial charge < -0.3 is 14.2 Å². The first-order chi connectivity index (χ1) is 13.2. The van der Waals surface area contributed by atoms with E-state index in [1.807, 2.05) is 54.8 Å². The number of hydrogen-bond donors (Lipinski definition) is 1. The van der Waals surface area contributed by atoms with Gasteiger partial charge in [-0.2, -0.15) is 5.10 Å². The van der Waals surface area contributed by atoms with E-state index in [-0.39, 0.29) is 0 Å². The van der Waals surface area contributed by atoms with E-state index in [9.17, 15) is 0 Å². The SMILES string of the molecule is CCOc1ccccc1/C=N\Nc1nc(-c2ccc(OC)cc2OC)cs1. The smallest absolute Gasteiger partial charge is 0.203 e. The second-order valence-corrected chi connectivity index (χ2v) is 6.30. The largest absolute Gasteiger partial charge is 0.497 e. The predicted molar refractivity (Wildman–Crippen MR) is 109 cm³/mol. The predicted octanol–water partition coefficient (Wildman–Crippen LogP) is 4.67. The highest BCUT2D eigenvalue weighted by molar-refractivity contribution is 7.14. The zero-order chi connectivity index (χ0) is 19.1. The minimum atomic E-state index is 0.609. The second kappa shape index (κ2) is 9.05. The Labute approximate surface area is 162 Å². The summed E-state index contributed by atoms with van der Waals surface area (Å²) < 4.78 is 16.3. The van der Waals surface area contributed by atoms with Gasteiger partial charge in [-0.15, -0.1) is 11.3 Å². The monoisotopic (exact) mass is 383 g/mol. The molecule has 0 fully saturated rings. The first-order valence-corrected chi connectivity index (χ1v) is 9.32. The summed E-state index contributed by atoms with van der Waals surface area (Å²) >= 11 is 1.47. The lowest BCUT2D eigenvalue weighted by molar-refractivity contribution is 0.340. The lowest BCUT2D eigenvalue weighted by Gasteiger charge is -2.08. The third-order valence-corrected chi connectivity index (χ3v) is 4.52. The van der Waals surface area contributed by atoms with Crippen molar-refractivity contribution in [2.75, 3.05) is 26.3 Å². The first-order valence-electron chi connectivity index (χ1n) is 8.44. The lowest BCUT2D eigenvalue weighted by atomic mass is 10.1. The minimum Gasteiger partial charge on any atom is -0.497 e. The molecule has 0 unspecified atom stereocenters. The molecule has 0 saturated carbocycles. The molecule has 0 atom stereocenters. The molecule has 0 amide bonds. The molecule has 0 spiro atoms. The maximum absolute atomic E-state index is 5.59. The Hall–Kier alpha value is -3.06. The summed E-state index contributed by atoms with van der Waals surface area (Å²) in [4.78, 5) is 4.58. The number of hydrogen-bond acceptors (Lipinski definition) is 7. The number of methoxy groups -OCH3 is 2. The quantitative estimate of drug-likeness (QED) is 0.452. The van der Waals surface area contributed by atoms with Gasteiger partial charge in [-0.1, -0.05) is 12.1 Å². The van der Waals surface area contributed by atoms with Crippen LogP contribution in [0, 0.1) is 0 Å². The summed E-state index contributed by atoms with van der Waals surface area (Å²) in [7, 11) is 3.25. The molecule has 0 radical (unpaired) electrons. The van der Waals surface area contributed by atoms with Crippen molar-refractivity contribution in [1.82, 2.24) is 4.98 Å². The Kier molecular flexibility index (Phi) is 6.27. The number of benzene rings is 2. The molecule has 0 aliphatic rings. The highest BCUT2D eigenvalue weighted by Crippen LogP contribution is 2.34. The van der Waals surface area contributed by atoms with Gasteiger partial charge in [-0.25, -0.2) is 4.98 Å². The number of rotatable bonds is 8. The van der Waals surface area contributed by atoms with Crippen LogP contribution in [0.5, 0.6) is 17.2 Å². The van der Waals surface area contributed by atoms with Gasteiger partial charge in [-0.3, -0.25) is 5.43 Å². The van der Waals surface area contributed by atoms with Crippen molar-refractivity contribution >= 4 is 22.7 Å². The van der Waals surface area contributed by atoms with Crippen LogP contribution < -0.4 is 19.6 Å². The molecule has 0 aliphatic carbocycles. The topological polar surface area (TPSA) is 65.0 Å². The molecule has 3 rings (SSSR count). The highest BCUT2D eigenvalue weighted by Gasteiger charge is 2.11. The van der Waals surface area contributed by atoms with Crippen molar-refractivity contribution in [2.45, 2.75) is 6.92 Å². The van der Waals surface area contributed by atoms with Gasteiger partial charge >= 0.3 is 0 Å². The maximum atomic E-state index is 5.59. The van der Waals surface area contributed by atoms with Crippen LogP contribution in [-0.4, -0.2) is 32.0 Å². The first kappa shape index (κ1) is 18.7. The van der Waals surface area contributed by atoms with E-state index in [0.717, 1.165) is 28.3 Å². The number of para-hydroxylation sites is 1. The number of aromatic nitrogens is 1. The standard InChI is InChI=1S/C20H21N3O3S/c1-4-26-18-8-6-5-7-14(18)12-21-23-20-22-17(13-27-20)16-10-9-15(24-2)11-19(16)25-3/h5-13H,4H2,1-3H3,(H,22,23)/b21-12-. The Morgan fingerprint density at radius 1 is 1.11 bits per heavy atom. The molecule has 140 valence electrons. The maximum Gasteiger partial charge on any atom is 0.203 e. The summed E-state index contributed by atoms with van der Waals surface area (Å²) in [6.45, 7) is 2.56. The second-order valence-electron chi connectivity index (χ2n) is 5.44. The molecule has 27 heavy (non-hydrogen) atoms. The number of nitrogens with zero attached hydrogens (tertiary/aromatic N) is 2. The minimum absolute atomic E-state index is 0.609. The Balaban J connectivity index is 1.74. The Bertz CT molecular complexity index is 924. The van der Waals surface area contributed by atoms with Crippen molar-refractivity contribution in [1.29, 1.82) is 0 Å². The van der Waals surface area contributed by atoms with Crippen LogP contribution in [0.25, 0.3) is 11.3 Å². The summed E-state index contributed by atoms with van der Waals surface area (Å²) in [6, 6.07) is 13.4. The zero-order valence-electron chi connectivity index (χ0n) is 15.4. The van der Waals surface area contributed by atoms with E-state index < -0.39 is 0 Å². The number of ether oxygens (including phenoxy) is 3. The molecule has 7 heteroatoms. The number of nitrogens with one attached hydrogen (secondary N) is 1. The lowest BCUT2D eigenvalue weighted by Crippen LogP contribution is -1.97. The number of anilines is 1. The van der Waals surface area contributed by atoms with Crippen molar-refractivity contribution in [3.05, 3.63) is 53.4 Å². The summed E-state index contributed by atoms with van der Waals surface area (Å²) in [5.41, 5.74) is 5.58. The van der Waals surface area contributed by atoms with Gasteiger partial charge in [0.15, 0.2) is 0 Å². The normalized spacial score (nSPS) is 10.8. The average molecular weight is 383 g/mol. The van der Waals surface area contributed by atoms with Crippen LogP contribution >= 0.6 is 11.3 Å². The van der Waals surface area contributed by atoms with E-state index in [4.69, 9.17) is 14.2 Å². The Morgan fingerprint density at radius 3 is 2.74 bits per heavy atom. The average Bonchev–Trinajstić information content (AvgIpc) is 3.17. The molecular formula is C20H21N3O3S. The van der Waals surface area contributed by atoms with Crippen LogP contribution in [0.1, 0.15) is 12.5 Å². The van der Waals surface area contributed by atoms with Gasteiger partial charge in [0.2, 0.25) is 5.13 Å². The Morgan fingerprint density at radius 2 is 1.96 bits per heavy atom. The summed E-state index contributed by atoms with van der Waals surface area (Å²) in [5.74, 6) is 2.25. The molecule has 1 aromatic heterocycles. The van der Waals surface area contributed by atoms with Crippen LogP contribution in [-0.2, 0) is 0 Å². The van der Waals surface area contributed by atoms with E-state index in [0.29, 0.717) is 17.5 Å². The molecule has 1 N–H and O–H groups in total. The van der Waals surface area contributed by atoms with Crippen LogP contribution in [0.2, 0.25) is 0 Å². The van der Waals surface area contributed by atoms with Gasteiger partial charge in [0, 0.05) is 22.6 Å². The third kappa shape index (κ3) is 4.57. The van der Waals surface area contributed by atoms with E-state index in [2.05, 4.69) is 15.5 Å². The van der Waals surface area contributed by atoms with Gasteiger partial charge in [0.25, 0.3) is 0 Å². The fourth-order valence-corrected chi connectivity index (χ4v) is 3.15. The van der Waals surface area contributed by atoms with Gasteiger partial charge in [-0.05, 0) is 31.2 Å². The molecule has 0 bridgehead atoms. The van der Waals surface area contributed by atoms with Gasteiger partial charge in [0.05, 0.1) is 32.7 Å². The van der Waals surface area contributed by atoms with E-state index >= 15 is 0 Å². The third-order valence-electron chi connectivity index (χ3n) is 3.77. The molecule has 6 nitrogen and oxygen atoms in total. The number of thiazole rings is 1. The highest BCUT2D eigenvalue weighted by atomic mass is 32.1. The van der Waals surface area contributed by atoms with Crippen molar-refractivity contribution in [2.24, 2.45) is 5.10 Å². The molecular weight excluding hydrogens is 362 g/mol. The molecule has 3 aromatic rings. The summed E-state index contributed by atoms with van der Waals surface area (Å²) in [5, 5.41) is 6.92. The fraction of sp³-hybridized carbons (Fsp3) is 0.200. The van der Waals surface area contributed by atoms with Crippen LogP contribution in [0.4, 0.5) is 5.13 Å². The van der Waals surface area contributed by atoms with E-state index in [1.165, 1.54) is 11.3 Å². The molecule has 0 aliphatic heterocycles. The summed E-state index contributed by atoms with van der Waals surface area (Å²) in [6.07, 6.45) is 1.72. The van der Waals surface area contributed by atoms with Crippen molar-refractivity contribution in [3.63, 3.8) is 0 Å². The van der Waals surface area contributed by atoms with Crippen LogP contribution in [0.3, 0.4) is 0 Å². The molecule has 1 heterocycles. The van der Waals surface area contributed by atoms with Crippen LogP contribution in [0.15, 0.2) is 52.9 Å². The van der Waals surface area contributed by atoms with Gasteiger partial charge in [0.1, 0.15) is 17.2 Å². The molecule has 2 aromatic carbocycles. The number of hydrazone groups is 1.